The third-order valence-electron chi connectivity index (χ3n) is 3.20. The quantitative estimate of drug-likeness (QED) is 0.877. The summed E-state index contributed by atoms with van der Waals surface area (Å²) in [4.78, 5) is 4.40. The zero-order chi connectivity index (χ0) is 13.1. The molecule has 18 heavy (non-hydrogen) atoms. The number of benzene rings is 1. The third kappa shape index (κ3) is 2.40. The first-order valence-corrected chi connectivity index (χ1v) is 6.51. The molecule has 1 aromatic carbocycles. The van der Waals surface area contributed by atoms with Gasteiger partial charge in [-0.15, -0.1) is 0 Å². The van der Waals surface area contributed by atoms with Crippen LogP contribution in [0.5, 0.6) is 0 Å². The van der Waals surface area contributed by atoms with Crippen LogP contribution in [0.4, 0.5) is 11.6 Å². The molecule has 0 unspecified atom stereocenters. The molecule has 0 fully saturated rings. The molecular weight excluding hydrogens is 222 g/mol. The highest BCUT2D eigenvalue weighted by Gasteiger charge is 2.09. The topological polar surface area (TPSA) is 29.9 Å². The Labute approximate surface area is 109 Å². The highest BCUT2D eigenvalue weighted by molar-refractivity contribution is 5.63. The van der Waals surface area contributed by atoms with Crippen molar-refractivity contribution in [1.29, 1.82) is 0 Å². The Morgan fingerprint density at radius 1 is 1.33 bits per heavy atom. The summed E-state index contributed by atoms with van der Waals surface area (Å²) in [6.45, 7) is 8.62. The summed E-state index contributed by atoms with van der Waals surface area (Å²) in [6, 6.07) is 6.81. The summed E-state index contributed by atoms with van der Waals surface area (Å²) < 4.78 is 2.14. The lowest BCUT2D eigenvalue weighted by molar-refractivity contribution is 0.607. The maximum atomic E-state index is 4.40. The fraction of sp³-hybridized carbons (Fsp3) is 0.400. The lowest BCUT2D eigenvalue weighted by atomic mass is 10.1. The van der Waals surface area contributed by atoms with E-state index in [-0.39, 0.29) is 0 Å². The minimum absolute atomic E-state index is 0.407. The van der Waals surface area contributed by atoms with E-state index in [4.69, 9.17) is 0 Å². The summed E-state index contributed by atoms with van der Waals surface area (Å²) in [7, 11) is 0. The van der Waals surface area contributed by atoms with Crippen molar-refractivity contribution in [2.24, 2.45) is 0 Å². The smallest absolute Gasteiger partial charge is 0.207 e. The van der Waals surface area contributed by atoms with Crippen molar-refractivity contribution in [3.05, 3.63) is 41.7 Å². The van der Waals surface area contributed by atoms with Gasteiger partial charge in [0.2, 0.25) is 5.95 Å². The van der Waals surface area contributed by atoms with Crippen molar-refractivity contribution in [3.8, 4) is 0 Å². The first kappa shape index (κ1) is 12.7. The summed E-state index contributed by atoms with van der Waals surface area (Å²) in [5, 5.41) is 3.47. The van der Waals surface area contributed by atoms with Crippen LogP contribution in [0.3, 0.4) is 0 Å². The summed E-state index contributed by atoms with van der Waals surface area (Å²) in [5.74, 6) is 0.911. The van der Waals surface area contributed by atoms with E-state index in [2.05, 4.69) is 60.8 Å². The van der Waals surface area contributed by atoms with E-state index in [0.717, 1.165) is 12.4 Å². The maximum absolute atomic E-state index is 4.40. The molecule has 1 aromatic heterocycles. The Hall–Kier alpha value is -1.77. The third-order valence-corrected chi connectivity index (χ3v) is 3.20. The first-order chi connectivity index (χ1) is 8.63. The molecule has 96 valence electrons. The minimum Gasteiger partial charge on any atom is -0.325 e. The molecule has 0 saturated heterocycles. The molecule has 1 N–H and O–H groups in total. The Balaban J connectivity index is 2.37. The van der Waals surface area contributed by atoms with Crippen molar-refractivity contribution < 1.29 is 0 Å². The minimum atomic E-state index is 0.407. The molecule has 0 aliphatic rings. The Morgan fingerprint density at radius 3 is 2.78 bits per heavy atom. The van der Waals surface area contributed by atoms with Crippen molar-refractivity contribution in [2.45, 2.75) is 40.2 Å². The van der Waals surface area contributed by atoms with Crippen molar-refractivity contribution in [2.75, 3.05) is 5.32 Å². The van der Waals surface area contributed by atoms with Crippen molar-refractivity contribution in [1.82, 2.24) is 9.55 Å². The summed E-state index contributed by atoms with van der Waals surface area (Å²) in [5.41, 5.74) is 3.77. The van der Waals surface area contributed by atoms with E-state index >= 15 is 0 Å². The van der Waals surface area contributed by atoms with Gasteiger partial charge in [-0.2, -0.15) is 0 Å². The van der Waals surface area contributed by atoms with E-state index in [9.17, 15) is 0 Å². The van der Waals surface area contributed by atoms with E-state index in [1.807, 2.05) is 12.4 Å². The first-order valence-electron chi connectivity index (χ1n) is 6.51. The van der Waals surface area contributed by atoms with E-state index in [0.29, 0.717) is 6.04 Å². The Bertz CT molecular complexity index is 526. The van der Waals surface area contributed by atoms with Gasteiger partial charge >= 0.3 is 0 Å². The molecule has 0 saturated carbocycles. The van der Waals surface area contributed by atoms with Gasteiger partial charge in [0.15, 0.2) is 0 Å². The van der Waals surface area contributed by atoms with Gasteiger partial charge in [0.25, 0.3) is 0 Å². The van der Waals surface area contributed by atoms with Crippen LogP contribution >= 0.6 is 0 Å². The van der Waals surface area contributed by atoms with Crippen LogP contribution in [0.25, 0.3) is 0 Å². The normalized spacial score (nSPS) is 10.9. The number of aryl methyl sites for hydroxylation is 2. The van der Waals surface area contributed by atoms with Gasteiger partial charge in [-0.25, -0.2) is 4.98 Å². The Morgan fingerprint density at radius 2 is 2.11 bits per heavy atom. The van der Waals surface area contributed by atoms with Crippen LogP contribution in [-0.2, 0) is 6.42 Å². The molecule has 2 aromatic rings. The molecule has 2 rings (SSSR count). The molecular formula is C15H21N3. The van der Waals surface area contributed by atoms with Gasteiger partial charge in [-0.1, -0.05) is 25.1 Å². The summed E-state index contributed by atoms with van der Waals surface area (Å²) in [6.07, 6.45) is 4.87. The number of anilines is 2. The van der Waals surface area contributed by atoms with Gasteiger partial charge in [-0.05, 0) is 38.3 Å². The highest BCUT2D eigenvalue weighted by atomic mass is 15.2. The second-order valence-corrected chi connectivity index (χ2v) is 4.84. The number of hydrogen-bond acceptors (Lipinski definition) is 2. The molecule has 0 radical (unpaired) electrons. The number of aromatic nitrogens is 2. The van der Waals surface area contributed by atoms with Crippen LogP contribution in [0, 0.1) is 6.92 Å². The second-order valence-electron chi connectivity index (χ2n) is 4.84. The van der Waals surface area contributed by atoms with Crippen LogP contribution < -0.4 is 5.32 Å². The SMILES string of the molecule is CCc1cccc(C)c1Nc1nccn1C(C)C. The molecule has 3 nitrogen and oxygen atoms in total. The number of rotatable bonds is 4. The maximum Gasteiger partial charge on any atom is 0.207 e. The van der Waals surface area contributed by atoms with E-state index in [1.54, 1.807) is 0 Å². The van der Waals surface area contributed by atoms with Gasteiger partial charge < -0.3 is 9.88 Å². The van der Waals surface area contributed by atoms with Gasteiger partial charge in [-0.3, -0.25) is 0 Å². The lowest BCUT2D eigenvalue weighted by Gasteiger charge is -2.16. The standard InChI is InChI=1S/C15H21N3/c1-5-13-8-6-7-12(4)14(13)17-15-16-9-10-18(15)11(2)3/h6-11H,5H2,1-4H3,(H,16,17). The van der Waals surface area contributed by atoms with Crippen LogP contribution in [-0.4, -0.2) is 9.55 Å². The Kier molecular flexibility index (Phi) is 3.70. The molecule has 3 heteroatoms. The molecule has 1 heterocycles. The predicted molar refractivity (Wildman–Crippen MR) is 76.5 cm³/mol. The zero-order valence-electron chi connectivity index (χ0n) is 11.6. The molecule has 0 bridgehead atoms. The van der Waals surface area contributed by atoms with Gasteiger partial charge in [0, 0.05) is 24.1 Å². The van der Waals surface area contributed by atoms with Gasteiger partial charge in [0.05, 0.1) is 0 Å². The number of imidazole rings is 1. The van der Waals surface area contributed by atoms with Crippen LogP contribution in [0.1, 0.15) is 37.9 Å². The monoisotopic (exact) mass is 243 g/mol. The average molecular weight is 243 g/mol. The fourth-order valence-corrected chi connectivity index (χ4v) is 2.14. The highest BCUT2D eigenvalue weighted by Crippen LogP contribution is 2.25. The predicted octanol–water partition coefficient (Wildman–Crippen LogP) is 4.08. The second kappa shape index (κ2) is 5.25. The molecule has 0 amide bonds. The average Bonchev–Trinajstić information content (AvgIpc) is 2.80. The number of nitrogens with zero attached hydrogens (tertiary/aromatic N) is 2. The van der Waals surface area contributed by atoms with Crippen LogP contribution in [0.2, 0.25) is 0 Å². The molecule has 0 spiro atoms. The van der Waals surface area contributed by atoms with E-state index in [1.165, 1.54) is 16.8 Å². The molecule has 0 aliphatic carbocycles. The van der Waals surface area contributed by atoms with Crippen LogP contribution in [0.15, 0.2) is 30.6 Å². The number of para-hydroxylation sites is 1. The van der Waals surface area contributed by atoms with Gasteiger partial charge in [0.1, 0.15) is 0 Å². The summed E-state index contributed by atoms with van der Waals surface area (Å²) >= 11 is 0. The fourth-order valence-electron chi connectivity index (χ4n) is 2.14. The zero-order valence-corrected chi connectivity index (χ0v) is 11.6. The van der Waals surface area contributed by atoms with Crippen molar-refractivity contribution in [3.63, 3.8) is 0 Å². The molecule has 0 atom stereocenters. The number of nitrogens with one attached hydrogen (secondary N) is 1. The lowest BCUT2D eigenvalue weighted by Crippen LogP contribution is -2.07. The van der Waals surface area contributed by atoms with E-state index < -0.39 is 0 Å². The number of hydrogen-bond donors (Lipinski definition) is 1. The van der Waals surface area contributed by atoms with Crippen molar-refractivity contribution >= 4 is 11.6 Å². The molecule has 0 aliphatic heterocycles. The largest absolute Gasteiger partial charge is 0.325 e.